The zero-order valence-electron chi connectivity index (χ0n) is 19.4. The Balaban J connectivity index is 1.33. The quantitative estimate of drug-likeness (QED) is 0.479. The molecule has 0 unspecified atom stereocenters. The number of amides is 1. The number of ether oxygens (including phenoxy) is 1. The van der Waals surface area contributed by atoms with E-state index in [1.165, 1.54) is 6.33 Å². The van der Waals surface area contributed by atoms with Gasteiger partial charge in [-0.2, -0.15) is 5.10 Å². The summed E-state index contributed by atoms with van der Waals surface area (Å²) in [5, 5.41) is 8.46. The Kier molecular flexibility index (Phi) is 5.83. The van der Waals surface area contributed by atoms with Gasteiger partial charge in [-0.3, -0.25) is 0 Å². The van der Waals surface area contributed by atoms with Crippen LogP contribution in [0.3, 0.4) is 0 Å². The number of hydrogen-bond donors (Lipinski definition) is 1. The fourth-order valence-electron chi connectivity index (χ4n) is 4.23. The Hall–Kier alpha value is -4.02. The van der Waals surface area contributed by atoms with Crippen molar-refractivity contribution in [3.05, 3.63) is 49.1 Å². The van der Waals surface area contributed by atoms with Crippen molar-refractivity contribution in [2.75, 3.05) is 18.4 Å². The molecule has 34 heavy (non-hydrogen) atoms. The number of anilines is 2. The third kappa shape index (κ3) is 4.28. The van der Waals surface area contributed by atoms with Crippen LogP contribution >= 0.6 is 0 Å². The van der Waals surface area contributed by atoms with E-state index in [1.54, 1.807) is 22.2 Å². The Bertz CT molecular complexity index is 1290. The lowest BCUT2D eigenvalue weighted by Gasteiger charge is -2.32. The van der Waals surface area contributed by atoms with Crippen LogP contribution in [0.5, 0.6) is 0 Å². The van der Waals surface area contributed by atoms with Crippen molar-refractivity contribution < 1.29 is 9.53 Å². The van der Waals surface area contributed by atoms with Gasteiger partial charge in [0.05, 0.1) is 22.9 Å². The van der Waals surface area contributed by atoms with E-state index in [0.29, 0.717) is 18.9 Å². The van der Waals surface area contributed by atoms with Crippen LogP contribution in [0.25, 0.3) is 16.9 Å². The van der Waals surface area contributed by atoms with Crippen LogP contribution in [0.2, 0.25) is 0 Å². The van der Waals surface area contributed by atoms with Crippen molar-refractivity contribution in [1.82, 2.24) is 39.2 Å². The third-order valence-electron chi connectivity index (χ3n) is 5.94. The number of nitrogens with zero attached hydrogens (tertiary/aromatic N) is 8. The largest absolute Gasteiger partial charge is 0.447 e. The average molecular weight is 462 g/mol. The highest BCUT2D eigenvalue weighted by atomic mass is 16.6. The van der Waals surface area contributed by atoms with E-state index in [4.69, 9.17) is 4.74 Å². The second kappa shape index (κ2) is 9.08. The summed E-state index contributed by atoms with van der Waals surface area (Å²) in [4.78, 5) is 31.6. The highest BCUT2D eigenvalue weighted by Crippen LogP contribution is 2.31. The minimum atomic E-state index is -0.238. The van der Waals surface area contributed by atoms with E-state index in [-0.39, 0.29) is 18.2 Å². The van der Waals surface area contributed by atoms with E-state index < -0.39 is 0 Å². The SMILES string of the molecule is Cc1nc(-n2cncn2)ccc1Nc1ncnc2c1ccn2C1CCN(C(=O)OC(C)C)CC1. The van der Waals surface area contributed by atoms with Crippen LogP contribution in [0.4, 0.5) is 16.3 Å². The lowest BCUT2D eigenvalue weighted by molar-refractivity contribution is 0.0663. The summed E-state index contributed by atoms with van der Waals surface area (Å²) in [6.07, 6.45) is 8.06. The van der Waals surface area contributed by atoms with Crippen LogP contribution in [0.1, 0.15) is 38.4 Å². The standard InChI is InChI=1S/C23H27N9O2/c1-15(2)34-23(33)30-9-6-17(7-10-30)31-11-8-18-21(25-13-26-22(18)31)29-19-4-5-20(28-16(19)3)32-14-24-12-27-32/h4-5,8,11-15,17H,6-7,9-10H2,1-3H3,(H,25,26,29). The highest BCUT2D eigenvalue weighted by molar-refractivity contribution is 5.89. The van der Waals surface area contributed by atoms with Gasteiger partial charge in [-0.05, 0) is 51.8 Å². The van der Waals surface area contributed by atoms with Crippen molar-refractivity contribution in [1.29, 1.82) is 0 Å². The van der Waals surface area contributed by atoms with Crippen LogP contribution in [-0.4, -0.2) is 64.5 Å². The molecule has 0 saturated carbocycles. The molecule has 1 saturated heterocycles. The molecular weight excluding hydrogens is 434 g/mol. The van der Waals surface area contributed by atoms with Gasteiger partial charge >= 0.3 is 6.09 Å². The van der Waals surface area contributed by atoms with E-state index in [0.717, 1.165) is 41.1 Å². The average Bonchev–Trinajstić information content (AvgIpc) is 3.51. The number of carbonyl (C=O) groups is 1. The summed E-state index contributed by atoms with van der Waals surface area (Å²) in [5.41, 5.74) is 2.54. The number of carbonyl (C=O) groups excluding carboxylic acids is 1. The summed E-state index contributed by atoms with van der Waals surface area (Å²) < 4.78 is 9.14. The number of fused-ring (bicyclic) bond motifs is 1. The Morgan fingerprint density at radius 1 is 1.15 bits per heavy atom. The zero-order chi connectivity index (χ0) is 23.7. The molecule has 0 aromatic carbocycles. The minimum Gasteiger partial charge on any atom is -0.447 e. The number of pyridine rings is 1. The molecule has 1 N–H and O–H groups in total. The number of piperidine rings is 1. The lowest BCUT2D eigenvalue weighted by atomic mass is 10.1. The third-order valence-corrected chi connectivity index (χ3v) is 5.94. The monoisotopic (exact) mass is 461 g/mol. The van der Waals surface area contributed by atoms with Crippen LogP contribution in [-0.2, 0) is 4.74 Å². The van der Waals surface area contributed by atoms with Gasteiger partial charge in [0, 0.05) is 25.3 Å². The summed E-state index contributed by atoms with van der Waals surface area (Å²) in [6.45, 7) is 6.99. The van der Waals surface area contributed by atoms with Gasteiger partial charge in [0.15, 0.2) is 5.82 Å². The summed E-state index contributed by atoms with van der Waals surface area (Å²) in [5.74, 6) is 1.42. The number of aryl methyl sites for hydroxylation is 1. The maximum absolute atomic E-state index is 12.2. The first-order chi connectivity index (χ1) is 16.5. The predicted octanol–water partition coefficient (Wildman–Crippen LogP) is 3.64. The molecule has 176 valence electrons. The molecule has 4 aromatic heterocycles. The summed E-state index contributed by atoms with van der Waals surface area (Å²) in [6, 6.07) is 6.12. The molecule has 11 heteroatoms. The van der Waals surface area contributed by atoms with Gasteiger partial charge in [-0.25, -0.2) is 29.4 Å². The van der Waals surface area contributed by atoms with Gasteiger partial charge in [-0.15, -0.1) is 0 Å². The smallest absolute Gasteiger partial charge is 0.410 e. The molecule has 1 fully saturated rings. The molecule has 0 radical (unpaired) electrons. The van der Waals surface area contributed by atoms with Crippen molar-refractivity contribution in [3.63, 3.8) is 0 Å². The van der Waals surface area contributed by atoms with E-state index in [1.807, 2.05) is 39.0 Å². The van der Waals surface area contributed by atoms with Crippen LogP contribution < -0.4 is 5.32 Å². The van der Waals surface area contributed by atoms with E-state index >= 15 is 0 Å². The highest BCUT2D eigenvalue weighted by Gasteiger charge is 2.26. The fourth-order valence-corrected chi connectivity index (χ4v) is 4.23. The Morgan fingerprint density at radius 2 is 1.97 bits per heavy atom. The van der Waals surface area contributed by atoms with Crippen molar-refractivity contribution in [2.45, 2.75) is 45.8 Å². The van der Waals surface area contributed by atoms with Crippen LogP contribution in [0.15, 0.2) is 43.4 Å². The summed E-state index contributed by atoms with van der Waals surface area (Å²) >= 11 is 0. The molecule has 1 aliphatic rings. The first kappa shape index (κ1) is 21.8. The Morgan fingerprint density at radius 3 is 2.68 bits per heavy atom. The van der Waals surface area contributed by atoms with Crippen molar-refractivity contribution in [2.24, 2.45) is 0 Å². The van der Waals surface area contributed by atoms with Crippen molar-refractivity contribution >= 4 is 28.6 Å². The van der Waals surface area contributed by atoms with Crippen LogP contribution in [0, 0.1) is 6.92 Å². The number of likely N-dealkylation sites (tertiary alicyclic amines) is 1. The molecule has 0 spiro atoms. The van der Waals surface area contributed by atoms with E-state index in [2.05, 4.69) is 41.1 Å². The molecular formula is C23H27N9O2. The lowest BCUT2D eigenvalue weighted by Crippen LogP contribution is -2.40. The second-order valence-electron chi connectivity index (χ2n) is 8.60. The van der Waals surface area contributed by atoms with E-state index in [9.17, 15) is 4.79 Å². The normalized spacial score (nSPS) is 14.6. The van der Waals surface area contributed by atoms with Gasteiger partial charge in [0.25, 0.3) is 0 Å². The Labute approximate surface area is 196 Å². The number of nitrogens with one attached hydrogen (secondary N) is 1. The first-order valence-electron chi connectivity index (χ1n) is 11.4. The number of rotatable bonds is 5. The minimum absolute atomic E-state index is 0.112. The topological polar surface area (TPSA) is 116 Å². The van der Waals surface area contributed by atoms with Gasteiger partial charge in [0.1, 0.15) is 30.4 Å². The maximum Gasteiger partial charge on any atom is 0.410 e. The number of hydrogen-bond acceptors (Lipinski definition) is 8. The fraction of sp³-hybridized carbons (Fsp3) is 0.391. The molecule has 0 atom stereocenters. The molecule has 5 rings (SSSR count). The van der Waals surface area contributed by atoms with Gasteiger partial charge in [-0.1, -0.05) is 0 Å². The molecule has 0 aliphatic carbocycles. The summed E-state index contributed by atoms with van der Waals surface area (Å²) in [7, 11) is 0. The van der Waals surface area contributed by atoms with Gasteiger partial charge < -0.3 is 19.5 Å². The molecule has 11 nitrogen and oxygen atoms in total. The second-order valence-corrected chi connectivity index (χ2v) is 8.60. The maximum atomic E-state index is 12.2. The first-order valence-corrected chi connectivity index (χ1v) is 11.4. The molecule has 0 bridgehead atoms. The molecule has 1 aliphatic heterocycles. The molecule has 4 aromatic rings. The van der Waals surface area contributed by atoms with Crippen molar-refractivity contribution in [3.8, 4) is 5.82 Å². The molecule has 5 heterocycles. The zero-order valence-corrected chi connectivity index (χ0v) is 19.4. The predicted molar refractivity (Wildman–Crippen MR) is 126 cm³/mol. The molecule has 1 amide bonds. The van der Waals surface area contributed by atoms with Gasteiger partial charge in [0.2, 0.25) is 0 Å². The number of aromatic nitrogens is 7.